The Labute approximate surface area is 118 Å². The largest absolute Gasteiger partial charge is 0.387 e. The summed E-state index contributed by atoms with van der Waals surface area (Å²) in [7, 11) is 3.70. The van der Waals surface area contributed by atoms with Gasteiger partial charge in [-0.15, -0.1) is 0 Å². The highest BCUT2D eigenvalue weighted by Crippen LogP contribution is 2.11. The minimum Gasteiger partial charge on any atom is -0.387 e. The van der Waals surface area contributed by atoms with Gasteiger partial charge in [-0.2, -0.15) is 5.10 Å². The molecule has 0 unspecified atom stereocenters. The SMILES string of the molecule is CNc1ccc(C(=O)NCc2c(C)nn(C)c2C)nc1. The predicted molar refractivity (Wildman–Crippen MR) is 77.6 cm³/mol. The molecule has 0 fully saturated rings. The van der Waals surface area contributed by atoms with E-state index in [1.807, 2.05) is 38.7 Å². The number of nitrogens with zero attached hydrogens (tertiary/aromatic N) is 3. The standard InChI is InChI=1S/C14H19N5O/c1-9-12(10(2)19(4)18-9)8-17-14(20)13-6-5-11(15-3)7-16-13/h5-7,15H,8H2,1-4H3,(H,17,20). The Morgan fingerprint density at radius 1 is 1.35 bits per heavy atom. The summed E-state index contributed by atoms with van der Waals surface area (Å²) >= 11 is 0. The Balaban J connectivity index is 2.04. The van der Waals surface area contributed by atoms with Crippen LogP contribution in [0.15, 0.2) is 18.3 Å². The predicted octanol–water partition coefficient (Wildman–Crippen LogP) is 1.40. The second kappa shape index (κ2) is 5.73. The summed E-state index contributed by atoms with van der Waals surface area (Å²) in [5.41, 5.74) is 4.32. The average molecular weight is 273 g/mol. The Hall–Kier alpha value is -2.37. The number of nitrogens with one attached hydrogen (secondary N) is 2. The number of aromatic nitrogens is 3. The van der Waals surface area contributed by atoms with Gasteiger partial charge in [-0.1, -0.05) is 0 Å². The van der Waals surface area contributed by atoms with Gasteiger partial charge in [-0.05, 0) is 26.0 Å². The number of amides is 1. The summed E-state index contributed by atoms with van der Waals surface area (Å²) in [4.78, 5) is 16.1. The van der Waals surface area contributed by atoms with E-state index >= 15 is 0 Å². The Morgan fingerprint density at radius 2 is 2.10 bits per heavy atom. The molecule has 2 rings (SSSR count). The van der Waals surface area contributed by atoms with Crippen molar-refractivity contribution in [2.24, 2.45) is 7.05 Å². The van der Waals surface area contributed by atoms with Crippen LogP contribution in [0, 0.1) is 13.8 Å². The third kappa shape index (κ3) is 2.79. The Morgan fingerprint density at radius 3 is 2.60 bits per heavy atom. The molecular formula is C14H19N5O. The third-order valence-corrected chi connectivity index (χ3v) is 3.37. The molecule has 1 amide bonds. The highest BCUT2D eigenvalue weighted by atomic mass is 16.1. The fourth-order valence-corrected chi connectivity index (χ4v) is 2.01. The summed E-state index contributed by atoms with van der Waals surface area (Å²) in [5, 5.41) is 10.2. The van der Waals surface area contributed by atoms with E-state index in [9.17, 15) is 4.79 Å². The molecule has 6 nitrogen and oxygen atoms in total. The quantitative estimate of drug-likeness (QED) is 0.883. The molecule has 0 bridgehead atoms. The lowest BCUT2D eigenvalue weighted by atomic mass is 10.2. The van der Waals surface area contributed by atoms with Gasteiger partial charge in [-0.3, -0.25) is 9.48 Å². The molecule has 106 valence electrons. The first-order valence-electron chi connectivity index (χ1n) is 6.44. The topological polar surface area (TPSA) is 71.8 Å². The van der Waals surface area contributed by atoms with Crippen molar-refractivity contribution in [2.45, 2.75) is 20.4 Å². The van der Waals surface area contributed by atoms with Gasteiger partial charge in [0.2, 0.25) is 0 Å². The first-order valence-corrected chi connectivity index (χ1v) is 6.44. The van der Waals surface area contributed by atoms with Crippen LogP contribution in [-0.2, 0) is 13.6 Å². The molecular weight excluding hydrogens is 254 g/mol. The molecule has 2 N–H and O–H groups in total. The Kier molecular flexibility index (Phi) is 4.02. The molecule has 0 aromatic carbocycles. The lowest BCUT2D eigenvalue weighted by molar-refractivity contribution is 0.0946. The van der Waals surface area contributed by atoms with E-state index in [-0.39, 0.29) is 5.91 Å². The molecule has 0 spiro atoms. The Bertz CT molecular complexity index is 615. The molecule has 0 radical (unpaired) electrons. The summed E-state index contributed by atoms with van der Waals surface area (Å²) in [6, 6.07) is 3.52. The number of aryl methyl sites for hydroxylation is 2. The zero-order valence-corrected chi connectivity index (χ0v) is 12.2. The van der Waals surface area contributed by atoms with Crippen molar-refractivity contribution < 1.29 is 4.79 Å². The lowest BCUT2D eigenvalue weighted by Crippen LogP contribution is -2.24. The highest BCUT2D eigenvalue weighted by Gasteiger charge is 2.12. The molecule has 0 saturated heterocycles. The monoisotopic (exact) mass is 273 g/mol. The highest BCUT2D eigenvalue weighted by molar-refractivity contribution is 5.92. The van der Waals surface area contributed by atoms with Gasteiger partial charge in [0.1, 0.15) is 5.69 Å². The van der Waals surface area contributed by atoms with Crippen LogP contribution in [-0.4, -0.2) is 27.7 Å². The number of carbonyl (C=O) groups excluding carboxylic acids is 1. The van der Waals surface area contributed by atoms with Crippen LogP contribution < -0.4 is 10.6 Å². The van der Waals surface area contributed by atoms with E-state index in [0.29, 0.717) is 12.2 Å². The summed E-state index contributed by atoms with van der Waals surface area (Å²) in [5.74, 6) is -0.185. The van der Waals surface area contributed by atoms with Gasteiger partial charge >= 0.3 is 0 Å². The van der Waals surface area contributed by atoms with E-state index in [0.717, 1.165) is 22.6 Å². The van der Waals surface area contributed by atoms with Crippen molar-refractivity contribution in [1.82, 2.24) is 20.1 Å². The molecule has 20 heavy (non-hydrogen) atoms. The minimum absolute atomic E-state index is 0.185. The summed E-state index contributed by atoms with van der Waals surface area (Å²) in [6.07, 6.45) is 1.63. The van der Waals surface area contributed by atoms with Crippen LogP contribution >= 0.6 is 0 Å². The van der Waals surface area contributed by atoms with Crippen molar-refractivity contribution >= 4 is 11.6 Å². The molecule has 0 aliphatic rings. The number of carbonyl (C=O) groups is 1. The first-order chi connectivity index (χ1) is 9.52. The smallest absolute Gasteiger partial charge is 0.270 e. The lowest BCUT2D eigenvalue weighted by Gasteiger charge is -2.06. The molecule has 6 heteroatoms. The molecule has 2 aromatic heterocycles. The maximum absolute atomic E-state index is 12.0. The van der Waals surface area contributed by atoms with E-state index < -0.39 is 0 Å². The second-order valence-electron chi connectivity index (χ2n) is 4.64. The van der Waals surface area contributed by atoms with Crippen molar-refractivity contribution in [3.05, 3.63) is 41.0 Å². The second-order valence-corrected chi connectivity index (χ2v) is 4.64. The zero-order chi connectivity index (χ0) is 14.7. The fourth-order valence-electron chi connectivity index (χ4n) is 2.01. The average Bonchev–Trinajstić information content (AvgIpc) is 2.70. The summed E-state index contributed by atoms with van der Waals surface area (Å²) in [6.45, 7) is 4.38. The van der Waals surface area contributed by atoms with E-state index in [2.05, 4.69) is 20.7 Å². The number of hydrogen-bond donors (Lipinski definition) is 2. The van der Waals surface area contributed by atoms with Gasteiger partial charge in [0.05, 0.1) is 17.6 Å². The van der Waals surface area contributed by atoms with E-state index in [1.54, 1.807) is 12.3 Å². The number of rotatable bonds is 4. The van der Waals surface area contributed by atoms with Crippen LogP contribution in [0.2, 0.25) is 0 Å². The first kappa shape index (κ1) is 14.0. The molecule has 2 heterocycles. The van der Waals surface area contributed by atoms with Crippen molar-refractivity contribution in [2.75, 3.05) is 12.4 Å². The minimum atomic E-state index is -0.185. The van der Waals surface area contributed by atoms with Crippen LogP contribution in [0.4, 0.5) is 5.69 Å². The normalized spacial score (nSPS) is 10.4. The van der Waals surface area contributed by atoms with Crippen molar-refractivity contribution in [1.29, 1.82) is 0 Å². The zero-order valence-electron chi connectivity index (χ0n) is 12.2. The molecule has 0 saturated carbocycles. The maximum atomic E-state index is 12.0. The molecule has 0 aliphatic heterocycles. The number of anilines is 1. The van der Waals surface area contributed by atoms with Gasteiger partial charge < -0.3 is 10.6 Å². The van der Waals surface area contributed by atoms with Crippen LogP contribution in [0.3, 0.4) is 0 Å². The number of pyridine rings is 1. The van der Waals surface area contributed by atoms with Gasteiger partial charge in [0, 0.05) is 31.9 Å². The van der Waals surface area contributed by atoms with Crippen LogP contribution in [0.25, 0.3) is 0 Å². The summed E-state index contributed by atoms with van der Waals surface area (Å²) < 4.78 is 1.82. The van der Waals surface area contributed by atoms with Gasteiger partial charge in [0.15, 0.2) is 0 Å². The third-order valence-electron chi connectivity index (χ3n) is 3.37. The van der Waals surface area contributed by atoms with Crippen molar-refractivity contribution in [3.8, 4) is 0 Å². The van der Waals surface area contributed by atoms with Crippen LogP contribution in [0.5, 0.6) is 0 Å². The van der Waals surface area contributed by atoms with E-state index in [1.165, 1.54) is 0 Å². The molecule has 0 aliphatic carbocycles. The maximum Gasteiger partial charge on any atom is 0.270 e. The molecule has 2 aromatic rings. The van der Waals surface area contributed by atoms with Gasteiger partial charge in [0.25, 0.3) is 5.91 Å². The van der Waals surface area contributed by atoms with E-state index in [4.69, 9.17) is 0 Å². The fraction of sp³-hybridized carbons (Fsp3) is 0.357. The molecule has 0 atom stereocenters. The van der Waals surface area contributed by atoms with Crippen molar-refractivity contribution in [3.63, 3.8) is 0 Å². The van der Waals surface area contributed by atoms with Crippen LogP contribution in [0.1, 0.15) is 27.4 Å². The van der Waals surface area contributed by atoms with Gasteiger partial charge in [-0.25, -0.2) is 4.98 Å². The number of hydrogen-bond acceptors (Lipinski definition) is 4.